The van der Waals surface area contributed by atoms with Gasteiger partial charge in [-0.2, -0.15) is 4.31 Å². The zero-order chi connectivity index (χ0) is 26.8. The lowest BCUT2D eigenvalue weighted by atomic mass is 10.2. The fraction of sp³-hybridized carbons (Fsp3) is 0.435. The van der Waals surface area contributed by atoms with E-state index in [0.717, 1.165) is 5.69 Å². The van der Waals surface area contributed by atoms with Crippen molar-refractivity contribution in [2.45, 2.75) is 33.3 Å². The van der Waals surface area contributed by atoms with Crippen LogP contribution in [-0.4, -0.2) is 81.3 Å². The average molecular weight is 530 g/mol. The summed E-state index contributed by atoms with van der Waals surface area (Å²) in [6.07, 6.45) is 2.52. The van der Waals surface area contributed by atoms with Crippen LogP contribution in [0.1, 0.15) is 27.7 Å². The van der Waals surface area contributed by atoms with Crippen LogP contribution in [0.5, 0.6) is 0 Å². The smallest absolute Gasteiger partial charge is 0.413 e. The molecule has 0 spiro atoms. The number of sulfonamides is 1. The predicted molar refractivity (Wildman–Crippen MR) is 140 cm³/mol. The number of carbonyl (C=O) groups is 1. The number of carbonyl (C=O) groups excluding carboxylic acids is 1. The first-order valence-corrected chi connectivity index (χ1v) is 13.4. The van der Waals surface area contributed by atoms with E-state index in [2.05, 4.69) is 20.6 Å². The molecule has 0 aliphatic carbocycles. The van der Waals surface area contributed by atoms with Crippen LogP contribution in [0.15, 0.2) is 36.7 Å². The first kappa shape index (κ1) is 26.3. The van der Waals surface area contributed by atoms with Gasteiger partial charge in [0.2, 0.25) is 10.0 Å². The number of hydrogen-bond acceptors (Lipinski definition) is 10. The maximum absolute atomic E-state index is 12.5. The van der Waals surface area contributed by atoms with Crippen LogP contribution >= 0.6 is 0 Å². The van der Waals surface area contributed by atoms with Crippen LogP contribution < -0.4 is 16.0 Å². The number of aromatic nitrogens is 5. The molecule has 1 amide bonds. The zero-order valence-electron chi connectivity index (χ0n) is 21.2. The molecule has 0 radical (unpaired) electrons. The summed E-state index contributed by atoms with van der Waals surface area (Å²) in [6, 6.07) is 7.12. The summed E-state index contributed by atoms with van der Waals surface area (Å²) < 4.78 is 32.9. The van der Waals surface area contributed by atoms with Crippen molar-refractivity contribution in [1.29, 1.82) is 0 Å². The molecular weight excluding hydrogens is 498 g/mol. The first-order valence-electron chi connectivity index (χ1n) is 11.8. The number of nitrogens with zero attached hydrogens (tertiary/aromatic N) is 7. The molecule has 0 saturated carbocycles. The van der Waals surface area contributed by atoms with Crippen molar-refractivity contribution >= 4 is 33.4 Å². The van der Waals surface area contributed by atoms with Crippen molar-refractivity contribution in [3.8, 4) is 17.1 Å². The Bertz CT molecular complexity index is 1360. The number of ether oxygens (including phenoxy) is 1. The molecule has 198 valence electrons. The Morgan fingerprint density at radius 1 is 1.14 bits per heavy atom. The highest BCUT2D eigenvalue weighted by Gasteiger charge is 2.27. The molecule has 1 saturated heterocycles. The highest BCUT2D eigenvalue weighted by atomic mass is 32.2. The van der Waals surface area contributed by atoms with Crippen molar-refractivity contribution in [3.63, 3.8) is 0 Å². The summed E-state index contributed by atoms with van der Waals surface area (Å²) in [5.41, 5.74) is 7.13. The molecular formula is C23H31N9O4S. The van der Waals surface area contributed by atoms with E-state index < -0.39 is 21.7 Å². The number of nitrogens with two attached hydrogens (primary N) is 1. The average Bonchev–Trinajstić information content (AvgIpc) is 3.34. The van der Waals surface area contributed by atoms with E-state index in [9.17, 15) is 13.2 Å². The lowest BCUT2D eigenvalue weighted by Crippen LogP contribution is -2.49. The predicted octanol–water partition coefficient (Wildman–Crippen LogP) is 2.13. The maximum atomic E-state index is 12.5. The van der Waals surface area contributed by atoms with Crippen LogP contribution in [0.4, 0.5) is 22.1 Å². The molecule has 14 heteroatoms. The maximum Gasteiger partial charge on any atom is 0.413 e. The summed E-state index contributed by atoms with van der Waals surface area (Å²) in [5.74, 6) is 0.751. The minimum absolute atomic E-state index is 0.0612. The SMILES string of the molecule is CCS(=O)(=O)N1CCN(c2cnc(NC(=O)OC(C)(C)C)c(-c3cn(-c4ccc(N)cc4)nn3)n2)CC1. The van der Waals surface area contributed by atoms with E-state index in [4.69, 9.17) is 15.5 Å². The van der Waals surface area contributed by atoms with E-state index in [0.29, 0.717) is 49.1 Å². The standard InChI is InChI=1S/C23H31N9O4S/c1-5-37(34,35)31-12-10-30(11-13-31)19-14-25-21(27-22(33)36-23(2,3)4)20(26-19)18-15-32(29-28-18)17-8-6-16(24)7-9-17/h6-9,14-15H,5,10-13,24H2,1-4H3,(H,25,27,33). The van der Waals surface area contributed by atoms with Crippen molar-refractivity contribution in [1.82, 2.24) is 29.3 Å². The Morgan fingerprint density at radius 3 is 2.43 bits per heavy atom. The Balaban J connectivity index is 1.64. The monoisotopic (exact) mass is 529 g/mol. The zero-order valence-corrected chi connectivity index (χ0v) is 22.1. The van der Waals surface area contributed by atoms with Gasteiger partial charge in [-0.15, -0.1) is 5.10 Å². The number of benzene rings is 1. The van der Waals surface area contributed by atoms with Crippen LogP contribution in [0.25, 0.3) is 17.1 Å². The summed E-state index contributed by atoms with van der Waals surface area (Å²) in [5, 5.41) is 11.1. The van der Waals surface area contributed by atoms with Crippen LogP contribution in [0, 0.1) is 0 Å². The second-order valence-corrected chi connectivity index (χ2v) is 11.7. The highest BCUT2D eigenvalue weighted by molar-refractivity contribution is 7.89. The van der Waals surface area contributed by atoms with Gasteiger partial charge in [-0.3, -0.25) is 5.32 Å². The molecule has 2 aromatic heterocycles. The Morgan fingerprint density at radius 2 is 1.81 bits per heavy atom. The van der Waals surface area contributed by atoms with Gasteiger partial charge >= 0.3 is 6.09 Å². The highest BCUT2D eigenvalue weighted by Crippen LogP contribution is 2.27. The largest absolute Gasteiger partial charge is 0.444 e. The topological polar surface area (TPSA) is 161 Å². The summed E-state index contributed by atoms with van der Waals surface area (Å²) in [7, 11) is -3.26. The van der Waals surface area contributed by atoms with Gasteiger partial charge in [-0.05, 0) is 52.0 Å². The molecule has 1 fully saturated rings. The van der Waals surface area contributed by atoms with Gasteiger partial charge in [0.25, 0.3) is 0 Å². The molecule has 4 rings (SSSR count). The molecule has 0 unspecified atom stereocenters. The number of amides is 1. The third-order valence-corrected chi connectivity index (χ3v) is 7.48. The normalized spacial score (nSPS) is 15.0. The number of piperazine rings is 1. The minimum atomic E-state index is -3.26. The number of nitrogens with one attached hydrogen (secondary N) is 1. The fourth-order valence-corrected chi connectivity index (χ4v) is 4.79. The second kappa shape index (κ2) is 10.3. The molecule has 37 heavy (non-hydrogen) atoms. The van der Waals surface area contributed by atoms with Crippen molar-refractivity contribution < 1.29 is 17.9 Å². The molecule has 1 aromatic carbocycles. The summed E-state index contributed by atoms with van der Waals surface area (Å²) in [6.45, 7) is 8.51. The third-order valence-electron chi connectivity index (χ3n) is 5.59. The first-order chi connectivity index (χ1) is 17.4. The van der Waals surface area contributed by atoms with Gasteiger partial charge < -0.3 is 15.4 Å². The number of rotatable bonds is 6. The van der Waals surface area contributed by atoms with Gasteiger partial charge in [0, 0.05) is 31.9 Å². The van der Waals surface area contributed by atoms with Crippen molar-refractivity contribution in [2.24, 2.45) is 0 Å². The van der Waals surface area contributed by atoms with Gasteiger partial charge in [0.15, 0.2) is 5.82 Å². The molecule has 13 nitrogen and oxygen atoms in total. The minimum Gasteiger partial charge on any atom is -0.444 e. The van der Waals surface area contributed by atoms with Crippen LogP contribution in [0.2, 0.25) is 0 Å². The van der Waals surface area contributed by atoms with Crippen LogP contribution in [-0.2, 0) is 14.8 Å². The summed E-state index contributed by atoms with van der Waals surface area (Å²) in [4.78, 5) is 23.6. The third kappa shape index (κ3) is 6.32. The van der Waals surface area contributed by atoms with Gasteiger partial charge in [-0.25, -0.2) is 27.9 Å². The quantitative estimate of drug-likeness (QED) is 0.452. The van der Waals surface area contributed by atoms with E-state index in [1.54, 1.807) is 62.8 Å². The number of nitrogen functional groups attached to an aromatic ring is 1. The number of anilines is 3. The van der Waals surface area contributed by atoms with E-state index in [-0.39, 0.29) is 11.6 Å². The van der Waals surface area contributed by atoms with Crippen LogP contribution in [0.3, 0.4) is 0 Å². The molecule has 3 N–H and O–H groups in total. The molecule has 0 bridgehead atoms. The molecule has 0 atom stereocenters. The van der Waals surface area contributed by atoms with E-state index in [1.807, 2.05) is 4.90 Å². The Hall–Kier alpha value is -3.78. The van der Waals surface area contributed by atoms with Gasteiger partial charge in [0.1, 0.15) is 22.8 Å². The van der Waals surface area contributed by atoms with E-state index in [1.165, 1.54) is 10.5 Å². The number of hydrogen-bond donors (Lipinski definition) is 2. The van der Waals surface area contributed by atoms with Crippen molar-refractivity contribution in [2.75, 3.05) is 47.9 Å². The molecule has 3 heterocycles. The van der Waals surface area contributed by atoms with Crippen molar-refractivity contribution in [3.05, 3.63) is 36.7 Å². The molecule has 1 aliphatic rings. The Labute approximate surface area is 215 Å². The lowest BCUT2D eigenvalue weighted by Gasteiger charge is -2.34. The molecule has 1 aliphatic heterocycles. The van der Waals surface area contributed by atoms with Gasteiger partial charge in [-0.1, -0.05) is 5.21 Å². The summed E-state index contributed by atoms with van der Waals surface area (Å²) >= 11 is 0. The second-order valence-electron chi connectivity index (χ2n) is 9.48. The fourth-order valence-electron chi connectivity index (χ4n) is 3.71. The lowest BCUT2D eigenvalue weighted by molar-refractivity contribution is 0.0635. The van der Waals surface area contributed by atoms with Gasteiger partial charge in [0.05, 0.1) is 23.8 Å². The molecule has 3 aromatic rings. The Kier molecular flexibility index (Phi) is 7.32. The van der Waals surface area contributed by atoms with E-state index >= 15 is 0 Å².